The van der Waals surface area contributed by atoms with Gasteiger partial charge in [-0.15, -0.1) is 0 Å². The molecule has 0 heterocycles. The Bertz CT molecular complexity index is 379. The van der Waals surface area contributed by atoms with Gasteiger partial charge in [0.25, 0.3) is 0 Å². The number of nitrogens with two attached hydrogens (primary N) is 1. The Balaban J connectivity index is 3.12. The van der Waals surface area contributed by atoms with E-state index in [-0.39, 0.29) is 12.1 Å². The van der Waals surface area contributed by atoms with E-state index in [1.165, 1.54) is 26.4 Å². The minimum Gasteiger partial charge on any atom is -0.496 e. The smallest absolute Gasteiger partial charge is 0.310 e. The molecule has 4 nitrogen and oxygen atoms in total. The molecular formula is C10H12FNO3. The van der Waals surface area contributed by atoms with Gasteiger partial charge in [-0.25, -0.2) is 4.39 Å². The van der Waals surface area contributed by atoms with Crippen molar-refractivity contribution in [1.82, 2.24) is 0 Å². The van der Waals surface area contributed by atoms with Crippen LogP contribution in [0.4, 0.5) is 10.1 Å². The maximum atomic E-state index is 13.1. The predicted octanol–water partition coefficient (Wildman–Crippen LogP) is 1.13. The van der Waals surface area contributed by atoms with E-state index < -0.39 is 11.8 Å². The van der Waals surface area contributed by atoms with Crippen molar-refractivity contribution in [2.45, 2.75) is 6.42 Å². The lowest BCUT2D eigenvalue weighted by molar-refractivity contribution is -0.139. The first kappa shape index (κ1) is 11.3. The van der Waals surface area contributed by atoms with E-state index in [4.69, 9.17) is 10.5 Å². The molecule has 1 rings (SSSR count). The summed E-state index contributed by atoms with van der Waals surface area (Å²) in [5, 5.41) is 0. The number of halogens is 1. The van der Waals surface area contributed by atoms with Crippen LogP contribution in [-0.4, -0.2) is 20.2 Å². The molecule has 0 amide bonds. The third kappa shape index (κ3) is 2.37. The summed E-state index contributed by atoms with van der Waals surface area (Å²) < 4.78 is 22.6. The number of carbonyl (C=O) groups excluding carboxylic acids is 1. The summed E-state index contributed by atoms with van der Waals surface area (Å²) in [6, 6.07) is 2.61. The van der Waals surface area contributed by atoms with Crippen molar-refractivity contribution in [1.29, 1.82) is 0 Å². The summed E-state index contributed by atoms with van der Waals surface area (Å²) in [5.41, 5.74) is 5.73. The Morgan fingerprint density at radius 1 is 1.47 bits per heavy atom. The van der Waals surface area contributed by atoms with Crippen LogP contribution < -0.4 is 10.5 Å². The van der Waals surface area contributed by atoms with Crippen LogP contribution in [0, 0.1) is 5.82 Å². The summed E-state index contributed by atoms with van der Waals surface area (Å²) in [6.45, 7) is 0. The number of hydrogen-bond acceptors (Lipinski definition) is 4. The van der Waals surface area contributed by atoms with Crippen molar-refractivity contribution in [2.24, 2.45) is 0 Å². The summed E-state index contributed by atoms with van der Waals surface area (Å²) in [4.78, 5) is 11.1. The van der Waals surface area contributed by atoms with Gasteiger partial charge >= 0.3 is 5.97 Å². The maximum Gasteiger partial charge on any atom is 0.310 e. The number of nitrogen functional groups attached to an aromatic ring is 1. The highest BCUT2D eigenvalue weighted by molar-refractivity contribution is 5.76. The van der Waals surface area contributed by atoms with Crippen LogP contribution in [0.25, 0.3) is 0 Å². The number of hydrogen-bond donors (Lipinski definition) is 1. The van der Waals surface area contributed by atoms with Crippen LogP contribution in [0.2, 0.25) is 0 Å². The Kier molecular flexibility index (Phi) is 3.49. The monoisotopic (exact) mass is 213 g/mol. The highest BCUT2D eigenvalue weighted by Gasteiger charge is 2.15. The van der Waals surface area contributed by atoms with Crippen molar-refractivity contribution in [3.63, 3.8) is 0 Å². The van der Waals surface area contributed by atoms with E-state index in [9.17, 15) is 9.18 Å². The summed E-state index contributed by atoms with van der Waals surface area (Å²) in [5.74, 6) is -0.695. The van der Waals surface area contributed by atoms with Gasteiger partial charge < -0.3 is 15.2 Å². The summed E-state index contributed by atoms with van der Waals surface area (Å²) >= 11 is 0. The quantitative estimate of drug-likeness (QED) is 0.604. The minimum absolute atomic E-state index is 0.0836. The highest BCUT2D eigenvalue weighted by atomic mass is 19.1. The Morgan fingerprint density at radius 3 is 2.67 bits per heavy atom. The van der Waals surface area contributed by atoms with Gasteiger partial charge in [0, 0.05) is 5.56 Å². The Hall–Kier alpha value is -1.78. The van der Waals surface area contributed by atoms with Crippen molar-refractivity contribution in [3.8, 4) is 5.75 Å². The number of anilines is 1. The first-order valence-electron chi connectivity index (χ1n) is 4.27. The fraction of sp³-hybridized carbons (Fsp3) is 0.300. The van der Waals surface area contributed by atoms with E-state index in [1.54, 1.807) is 0 Å². The van der Waals surface area contributed by atoms with Crippen LogP contribution in [0.3, 0.4) is 0 Å². The van der Waals surface area contributed by atoms with Crippen molar-refractivity contribution < 1.29 is 18.7 Å². The number of esters is 1. The minimum atomic E-state index is -0.574. The van der Waals surface area contributed by atoms with Gasteiger partial charge in [0.05, 0.1) is 26.3 Å². The fourth-order valence-electron chi connectivity index (χ4n) is 1.21. The largest absolute Gasteiger partial charge is 0.496 e. The summed E-state index contributed by atoms with van der Waals surface area (Å²) in [6.07, 6.45) is -0.108. The molecule has 1 aromatic carbocycles. The van der Waals surface area contributed by atoms with Crippen molar-refractivity contribution in [2.75, 3.05) is 20.0 Å². The molecule has 0 fully saturated rings. The molecule has 82 valence electrons. The molecule has 0 saturated heterocycles. The second kappa shape index (κ2) is 4.63. The summed E-state index contributed by atoms with van der Waals surface area (Å²) in [7, 11) is 2.68. The molecule has 15 heavy (non-hydrogen) atoms. The van der Waals surface area contributed by atoms with Crippen molar-refractivity contribution >= 4 is 11.7 Å². The zero-order chi connectivity index (χ0) is 11.4. The first-order chi connectivity index (χ1) is 7.10. The fourth-order valence-corrected chi connectivity index (χ4v) is 1.21. The Labute approximate surface area is 86.8 Å². The van der Waals surface area contributed by atoms with Crippen LogP contribution in [0.1, 0.15) is 5.56 Å². The van der Waals surface area contributed by atoms with Crippen LogP contribution in [-0.2, 0) is 16.0 Å². The SMILES string of the molecule is COC(=O)Cc1c(OC)ccc(F)c1N. The second-order valence-corrected chi connectivity index (χ2v) is 2.89. The second-order valence-electron chi connectivity index (χ2n) is 2.89. The number of rotatable bonds is 3. The first-order valence-corrected chi connectivity index (χ1v) is 4.27. The van der Waals surface area contributed by atoms with Gasteiger partial charge in [-0.3, -0.25) is 4.79 Å². The Morgan fingerprint density at radius 2 is 2.13 bits per heavy atom. The molecule has 0 radical (unpaired) electrons. The number of ether oxygens (including phenoxy) is 2. The van der Waals surface area contributed by atoms with Gasteiger partial charge in [-0.1, -0.05) is 0 Å². The lowest BCUT2D eigenvalue weighted by Gasteiger charge is -2.10. The molecule has 0 spiro atoms. The molecule has 5 heteroatoms. The van der Waals surface area contributed by atoms with Gasteiger partial charge in [-0.05, 0) is 12.1 Å². The topological polar surface area (TPSA) is 61.5 Å². The van der Waals surface area contributed by atoms with E-state index in [0.29, 0.717) is 11.3 Å². The molecule has 0 saturated carbocycles. The van der Waals surface area contributed by atoms with Gasteiger partial charge in [0.15, 0.2) is 0 Å². The number of carbonyl (C=O) groups is 1. The molecule has 0 aromatic heterocycles. The maximum absolute atomic E-state index is 13.1. The predicted molar refractivity (Wildman–Crippen MR) is 53.1 cm³/mol. The highest BCUT2D eigenvalue weighted by Crippen LogP contribution is 2.27. The molecule has 1 aromatic rings. The van der Waals surface area contributed by atoms with Crippen LogP contribution in [0.5, 0.6) is 5.75 Å². The lowest BCUT2D eigenvalue weighted by Crippen LogP contribution is -2.09. The number of benzene rings is 1. The molecule has 0 aliphatic carbocycles. The zero-order valence-electron chi connectivity index (χ0n) is 8.54. The van der Waals surface area contributed by atoms with Crippen molar-refractivity contribution in [3.05, 3.63) is 23.5 Å². The molecule has 0 bridgehead atoms. The third-order valence-corrected chi connectivity index (χ3v) is 2.03. The normalized spacial score (nSPS) is 9.80. The molecule has 0 aliphatic rings. The van der Waals surface area contributed by atoms with Gasteiger partial charge in [0.1, 0.15) is 11.6 Å². The standard InChI is InChI=1S/C10H12FNO3/c1-14-8-4-3-7(11)10(12)6(8)5-9(13)15-2/h3-4H,5,12H2,1-2H3. The molecule has 2 N–H and O–H groups in total. The van der Waals surface area contributed by atoms with Crippen LogP contribution in [0.15, 0.2) is 12.1 Å². The third-order valence-electron chi connectivity index (χ3n) is 2.03. The van der Waals surface area contributed by atoms with Gasteiger partial charge in [-0.2, -0.15) is 0 Å². The van der Waals surface area contributed by atoms with Crippen LogP contribution >= 0.6 is 0 Å². The van der Waals surface area contributed by atoms with E-state index >= 15 is 0 Å². The average Bonchev–Trinajstić information content (AvgIpc) is 2.25. The number of methoxy groups -OCH3 is 2. The molecule has 0 atom stereocenters. The molecular weight excluding hydrogens is 201 g/mol. The van der Waals surface area contributed by atoms with E-state index in [1.807, 2.05) is 0 Å². The zero-order valence-corrected chi connectivity index (χ0v) is 8.54. The average molecular weight is 213 g/mol. The van der Waals surface area contributed by atoms with E-state index in [0.717, 1.165) is 0 Å². The van der Waals surface area contributed by atoms with E-state index in [2.05, 4.69) is 4.74 Å². The van der Waals surface area contributed by atoms with Gasteiger partial charge in [0.2, 0.25) is 0 Å². The lowest BCUT2D eigenvalue weighted by atomic mass is 10.1. The molecule has 0 unspecified atom stereocenters. The molecule has 0 aliphatic heterocycles.